The molecule has 3 nitrogen and oxygen atoms in total. The minimum absolute atomic E-state index is 0.0603. The Morgan fingerprint density at radius 2 is 1.95 bits per heavy atom. The van der Waals surface area contributed by atoms with Gasteiger partial charge in [-0.25, -0.2) is 0 Å². The quantitative estimate of drug-likeness (QED) is 0.578. The molecule has 122 valence electrons. The lowest BCUT2D eigenvalue weighted by Crippen LogP contribution is -2.52. The van der Waals surface area contributed by atoms with Crippen LogP contribution in [0.3, 0.4) is 0 Å². The van der Waals surface area contributed by atoms with E-state index < -0.39 is 0 Å². The Morgan fingerprint density at radius 3 is 2.73 bits per heavy atom. The van der Waals surface area contributed by atoms with Crippen molar-refractivity contribution in [3.63, 3.8) is 0 Å². The van der Waals surface area contributed by atoms with E-state index in [0.29, 0.717) is 24.2 Å². The van der Waals surface area contributed by atoms with E-state index in [9.17, 15) is 15.0 Å². The van der Waals surface area contributed by atoms with Gasteiger partial charge in [0.05, 0.1) is 17.6 Å². The standard InChI is InChI=1S/C19H28O3/c1-18-8-7-16-14(15(18)4-5-17(18)22)3-2-12-10-13(21)6-9-19(12,16)11-20/h2,11,13-17,21-22H,3-10H2,1H3. The van der Waals surface area contributed by atoms with Crippen LogP contribution in [0.25, 0.3) is 0 Å². The summed E-state index contributed by atoms with van der Waals surface area (Å²) in [7, 11) is 0. The average Bonchev–Trinajstić information content (AvgIpc) is 2.82. The maximum atomic E-state index is 12.1. The summed E-state index contributed by atoms with van der Waals surface area (Å²) in [6.45, 7) is 2.27. The number of carbonyl (C=O) groups is 1. The normalized spacial score (nSPS) is 54.0. The summed E-state index contributed by atoms with van der Waals surface area (Å²) in [5.74, 6) is 1.53. The molecule has 0 aromatic heterocycles. The van der Waals surface area contributed by atoms with Gasteiger partial charge < -0.3 is 15.0 Å². The molecule has 2 N–H and O–H groups in total. The van der Waals surface area contributed by atoms with Crippen molar-refractivity contribution in [1.29, 1.82) is 0 Å². The van der Waals surface area contributed by atoms with Gasteiger partial charge in [0.1, 0.15) is 6.29 Å². The molecule has 4 rings (SSSR count). The zero-order valence-electron chi connectivity index (χ0n) is 13.5. The Kier molecular flexibility index (Phi) is 3.32. The molecule has 0 aliphatic heterocycles. The average molecular weight is 304 g/mol. The molecule has 4 aliphatic carbocycles. The Bertz CT molecular complexity index is 513. The Hall–Kier alpha value is -0.670. The molecular weight excluding hydrogens is 276 g/mol. The maximum Gasteiger partial charge on any atom is 0.130 e. The van der Waals surface area contributed by atoms with Crippen LogP contribution in [0, 0.1) is 28.6 Å². The van der Waals surface area contributed by atoms with E-state index in [-0.39, 0.29) is 23.0 Å². The minimum Gasteiger partial charge on any atom is -0.393 e. The molecule has 3 heteroatoms. The second-order valence-corrected chi connectivity index (χ2v) is 8.53. The van der Waals surface area contributed by atoms with Crippen LogP contribution in [0.5, 0.6) is 0 Å². The number of allylic oxidation sites excluding steroid dienone is 1. The lowest BCUT2D eigenvalue weighted by atomic mass is 9.48. The van der Waals surface area contributed by atoms with Crippen molar-refractivity contribution in [2.24, 2.45) is 28.6 Å². The van der Waals surface area contributed by atoms with Gasteiger partial charge in [-0.15, -0.1) is 0 Å². The molecule has 0 bridgehead atoms. The minimum atomic E-state index is -0.309. The zero-order valence-corrected chi connectivity index (χ0v) is 13.5. The largest absolute Gasteiger partial charge is 0.393 e. The highest BCUT2D eigenvalue weighted by atomic mass is 16.3. The van der Waals surface area contributed by atoms with Crippen molar-refractivity contribution < 1.29 is 15.0 Å². The first kappa shape index (κ1) is 14.9. The third kappa shape index (κ3) is 1.78. The summed E-state index contributed by atoms with van der Waals surface area (Å²) >= 11 is 0. The van der Waals surface area contributed by atoms with Gasteiger partial charge in [-0.2, -0.15) is 0 Å². The SMILES string of the molecule is CC12CCC3C(CC=C4CC(O)CCC43C=O)C1CCC2O. The molecule has 0 heterocycles. The fraction of sp³-hybridized carbons (Fsp3) is 0.842. The fourth-order valence-electron chi connectivity index (χ4n) is 6.54. The summed E-state index contributed by atoms with van der Waals surface area (Å²) in [6, 6.07) is 0. The second kappa shape index (κ2) is 4.91. The van der Waals surface area contributed by atoms with Gasteiger partial charge in [0.15, 0.2) is 0 Å². The summed E-state index contributed by atoms with van der Waals surface area (Å²) in [4.78, 5) is 12.1. The van der Waals surface area contributed by atoms with Crippen molar-refractivity contribution in [3.05, 3.63) is 11.6 Å². The smallest absolute Gasteiger partial charge is 0.130 e. The maximum absolute atomic E-state index is 12.1. The van der Waals surface area contributed by atoms with Crippen LogP contribution >= 0.6 is 0 Å². The zero-order chi connectivity index (χ0) is 15.5. The van der Waals surface area contributed by atoms with Crippen molar-refractivity contribution in [2.45, 2.75) is 70.5 Å². The number of fused-ring (bicyclic) bond motifs is 5. The number of aliphatic hydroxyl groups excluding tert-OH is 2. The van der Waals surface area contributed by atoms with Crippen LogP contribution in [0.15, 0.2) is 11.6 Å². The van der Waals surface area contributed by atoms with E-state index in [2.05, 4.69) is 13.0 Å². The van der Waals surface area contributed by atoms with E-state index in [1.807, 2.05) is 0 Å². The molecule has 3 fully saturated rings. The van der Waals surface area contributed by atoms with E-state index >= 15 is 0 Å². The Morgan fingerprint density at radius 1 is 1.14 bits per heavy atom. The van der Waals surface area contributed by atoms with E-state index in [4.69, 9.17) is 0 Å². The number of rotatable bonds is 1. The van der Waals surface area contributed by atoms with E-state index in [0.717, 1.165) is 44.9 Å². The first-order chi connectivity index (χ1) is 10.5. The van der Waals surface area contributed by atoms with Crippen molar-refractivity contribution in [2.75, 3.05) is 0 Å². The molecule has 4 aliphatic rings. The summed E-state index contributed by atoms with van der Waals surface area (Å²) in [5, 5.41) is 20.4. The molecule has 7 atom stereocenters. The molecule has 7 unspecified atom stereocenters. The van der Waals surface area contributed by atoms with Gasteiger partial charge in [-0.1, -0.05) is 18.6 Å². The summed E-state index contributed by atoms with van der Waals surface area (Å²) < 4.78 is 0. The number of hydrogen-bond acceptors (Lipinski definition) is 3. The third-order valence-electron chi connectivity index (χ3n) is 7.84. The highest BCUT2D eigenvalue weighted by molar-refractivity contribution is 5.67. The molecule has 22 heavy (non-hydrogen) atoms. The van der Waals surface area contributed by atoms with Crippen LogP contribution in [0.2, 0.25) is 0 Å². The predicted molar refractivity (Wildman–Crippen MR) is 84.1 cm³/mol. The molecule has 0 aromatic carbocycles. The fourth-order valence-corrected chi connectivity index (χ4v) is 6.54. The van der Waals surface area contributed by atoms with Crippen LogP contribution in [0.4, 0.5) is 0 Å². The number of hydrogen-bond donors (Lipinski definition) is 2. The van der Waals surface area contributed by atoms with Gasteiger partial charge in [-0.05, 0) is 74.5 Å². The van der Waals surface area contributed by atoms with Crippen LogP contribution in [-0.2, 0) is 4.79 Å². The molecule has 0 radical (unpaired) electrons. The lowest BCUT2D eigenvalue weighted by molar-refractivity contribution is -0.127. The molecule has 3 saturated carbocycles. The van der Waals surface area contributed by atoms with E-state index in [1.165, 1.54) is 11.9 Å². The van der Waals surface area contributed by atoms with Crippen molar-refractivity contribution in [3.8, 4) is 0 Å². The van der Waals surface area contributed by atoms with Gasteiger partial charge in [0.2, 0.25) is 0 Å². The van der Waals surface area contributed by atoms with Crippen molar-refractivity contribution in [1.82, 2.24) is 0 Å². The van der Waals surface area contributed by atoms with Crippen LogP contribution in [-0.4, -0.2) is 28.7 Å². The van der Waals surface area contributed by atoms with Gasteiger partial charge >= 0.3 is 0 Å². The number of aliphatic hydroxyl groups is 2. The van der Waals surface area contributed by atoms with Gasteiger partial charge in [0.25, 0.3) is 0 Å². The van der Waals surface area contributed by atoms with Crippen LogP contribution in [0.1, 0.15) is 58.3 Å². The second-order valence-electron chi connectivity index (χ2n) is 8.53. The van der Waals surface area contributed by atoms with Gasteiger partial charge in [-0.3, -0.25) is 0 Å². The predicted octanol–water partition coefficient (Wildman–Crippen LogP) is 2.85. The topological polar surface area (TPSA) is 57.5 Å². The molecule has 0 saturated heterocycles. The van der Waals surface area contributed by atoms with E-state index in [1.54, 1.807) is 0 Å². The Balaban J connectivity index is 1.72. The highest BCUT2D eigenvalue weighted by Crippen LogP contribution is 2.64. The first-order valence-electron chi connectivity index (χ1n) is 9.03. The number of carbonyl (C=O) groups excluding carboxylic acids is 1. The monoisotopic (exact) mass is 304 g/mol. The summed E-state index contributed by atoms with van der Waals surface area (Å²) in [5.41, 5.74) is 0.964. The molecular formula is C19H28O3. The van der Waals surface area contributed by atoms with Crippen molar-refractivity contribution >= 4 is 6.29 Å². The Labute approximate surface area is 132 Å². The molecule has 0 amide bonds. The van der Waals surface area contributed by atoms with Crippen LogP contribution < -0.4 is 0 Å². The molecule has 0 spiro atoms. The summed E-state index contributed by atoms with van der Waals surface area (Å²) in [6.07, 6.45) is 10.5. The highest BCUT2D eigenvalue weighted by Gasteiger charge is 2.59. The third-order valence-corrected chi connectivity index (χ3v) is 7.84. The number of aldehydes is 1. The first-order valence-corrected chi connectivity index (χ1v) is 9.03. The lowest BCUT2D eigenvalue weighted by Gasteiger charge is -2.56. The molecule has 0 aromatic rings. The van der Waals surface area contributed by atoms with Gasteiger partial charge in [0, 0.05) is 0 Å².